The molecule has 1 aliphatic carbocycles. The average Bonchev–Trinajstić information content (AvgIpc) is 3.31. The van der Waals surface area contributed by atoms with Crippen LogP contribution in [-0.2, 0) is 0 Å². The molecule has 35 heavy (non-hydrogen) atoms. The van der Waals surface area contributed by atoms with Gasteiger partial charge >= 0.3 is 6.09 Å². The molecule has 0 atom stereocenters. The zero-order chi connectivity index (χ0) is 24.4. The Morgan fingerprint density at radius 1 is 1.17 bits per heavy atom. The first-order chi connectivity index (χ1) is 17.0. The van der Waals surface area contributed by atoms with E-state index in [-0.39, 0.29) is 30.8 Å². The van der Waals surface area contributed by atoms with E-state index in [0.717, 1.165) is 31.2 Å². The van der Waals surface area contributed by atoms with Crippen LogP contribution in [0.1, 0.15) is 32.1 Å². The van der Waals surface area contributed by atoms with Crippen molar-refractivity contribution in [3.05, 3.63) is 36.4 Å². The van der Waals surface area contributed by atoms with Crippen molar-refractivity contribution < 1.29 is 14.3 Å². The number of anilines is 2. The van der Waals surface area contributed by atoms with E-state index in [1.54, 1.807) is 15.6 Å². The maximum absolute atomic E-state index is 15.8. The lowest BCUT2D eigenvalue weighted by atomic mass is 9.84. The van der Waals surface area contributed by atoms with Gasteiger partial charge in [-0.1, -0.05) is 6.07 Å². The summed E-state index contributed by atoms with van der Waals surface area (Å²) >= 11 is 0. The summed E-state index contributed by atoms with van der Waals surface area (Å²) in [6.45, 7) is 1.23. The Morgan fingerprint density at radius 3 is 2.66 bits per heavy atom. The van der Waals surface area contributed by atoms with Gasteiger partial charge in [0.05, 0.1) is 23.3 Å². The van der Waals surface area contributed by atoms with Crippen LogP contribution in [0.2, 0.25) is 0 Å². The zero-order valence-corrected chi connectivity index (χ0v) is 19.3. The smallest absolute Gasteiger partial charge is 0.407 e. The molecule has 0 bridgehead atoms. The highest BCUT2D eigenvalue weighted by atomic mass is 19.1. The fraction of sp³-hybridized carbons (Fsp3) is 0.458. The summed E-state index contributed by atoms with van der Waals surface area (Å²) in [6.07, 6.45) is 6.60. The van der Waals surface area contributed by atoms with Crippen LogP contribution in [0.5, 0.6) is 0 Å². The van der Waals surface area contributed by atoms with Gasteiger partial charge in [-0.3, -0.25) is 0 Å². The van der Waals surface area contributed by atoms with E-state index in [1.807, 2.05) is 24.4 Å². The van der Waals surface area contributed by atoms with Crippen molar-refractivity contribution in [1.82, 2.24) is 24.5 Å². The quantitative estimate of drug-likeness (QED) is 0.570. The van der Waals surface area contributed by atoms with Crippen molar-refractivity contribution in [1.29, 1.82) is 5.26 Å². The number of hydrogen-bond donors (Lipinski definition) is 2. The Hall–Kier alpha value is -3.94. The first-order valence-corrected chi connectivity index (χ1v) is 11.9. The van der Waals surface area contributed by atoms with Gasteiger partial charge in [0.2, 0.25) is 5.82 Å². The van der Waals surface area contributed by atoms with Gasteiger partial charge < -0.3 is 20.2 Å². The number of halogens is 1. The second-order valence-electron chi connectivity index (χ2n) is 9.10. The highest BCUT2D eigenvalue weighted by molar-refractivity contribution is 5.77. The normalized spacial score (nSPS) is 20.6. The average molecular weight is 479 g/mol. The molecule has 0 aromatic carbocycles. The number of hydrogen-bond acceptors (Lipinski definition) is 7. The van der Waals surface area contributed by atoms with Crippen molar-refractivity contribution >= 4 is 23.2 Å². The maximum Gasteiger partial charge on any atom is 0.407 e. The number of carboxylic acid groups (broad SMARTS) is 1. The molecule has 2 aliphatic rings. The molecule has 4 heterocycles. The van der Waals surface area contributed by atoms with Crippen LogP contribution in [0, 0.1) is 23.1 Å². The van der Waals surface area contributed by atoms with E-state index in [4.69, 9.17) is 5.26 Å². The molecular weight excluding hydrogens is 451 g/mol. The number of nitriles is 1. The Labute approximate surface area is 202 Å². The van der Waals surface area contributed by atoms with Crippen molar-refractivity contribution in [2.75, 3.05) is 36.4 Å². The molecule has 1 amide bonds. The lowest BCUT2D eigenvalue weighted by Gasteiger charge is -2.34. The lowest BCUT2D eigenvalue weighted by molar-refractivity contribution is 0.142. The summed E-state index contributed by atoms with van der Waals surface area (Å²) in [4.78, 5) is 23.6. The van der Waals surface area contributed by atoms with Crippen LogP contribution < -0.4 is 10.2 Å². The third kappa shape index (κ3) is 4.69. The van der Waals surface area contributed by atoms with Crippen LogP contribution >= 0.6 is 0 Å². The minimum Gasteiger partial charge on any atom is -0.465 e. The minimum atomic E-state index is -0.978. The van der Waals surface area contributed by atoms with Crippen molar-refractivity contribution in [3.8, 4) is 17.5 Å². The van der Waals surface area contributed by atoms with E-state index in [0.29, 0.717) is 36.8 Å². The van der Waals surface area contributed by atoms with Gasteiger partial charge in [-0.05, 0) is 43.7 Å². The number of aromatic nitrogens is 4. The standard InChI is InChI=1S/C24H27FN8O2/c25-20-22(28-17-6-4-16(5-7-17)8-9-26)29-21(18-15-27-33-10-2-1-3-19(18)33)30-23(20)31-11-13-32(14-12-31)24(34)35/h1-3,10,15-17H,4-8,11-14H2,(H,34,35)(H,28,29,30). The molecule has 0 unspecified atom stereocenters. The van der Waals surface area contributed by atoms with Gasteiger partial charge in [0.25, 0.3) is 0 Å². The SMILES string of the molecule is N#CCC1CCC(Nc2nc(-c3cnn4ccccc34)nc(N3CCN(C(=O)O)CC3)c2F)CC1. The topological polar surface area (TPSA) is 123 Å². The van der Waals surface area contributed by atoms with E-state index in [9.17, 15) is 9.90 Å². The van der Waals surface area contributed by atoms with Gasteiger partial charge in [-0.25, -0.2) is 19.3 Å². The van der Waals surface area contributed by atoms with E-state index >= 15 is 4.39 Å². The summed E-state index contributed by atoms with van der Waals surface area (Å²) in [7, 11) is 0. The third-order valence-electron chi connectivity index (χ3n) is 6.92. The molecular formula is C24H27FN8O2. The number of carbonyl (C=O) groups is 1. The van der Waals surface area contributed by atoms with Crippen molar-refractivity contribution in [3.63, 3.8) is 0 Å². The molecule has 2 N–H and O–H groups in total. The number of pyridine rings is 1. The Balaban J connectivity index is 1.47. The van der Waals surface area contributed by atoms with Gasteiger partial charge in [-0.2, -0.15) is 14.8 Å². The first kappa shape index (κ1) is 22.8. The highest BCUT2D eigenvalue weighted by Gasteiger charge is 2.28. The molecule has 0 radical (unpaired) electrons. The van der Waals surface area contributed by atoms with Crippen LogP contribution in [0.15, 0.2) is 30.6 Å². The monoisotopic (exact) mass is 478 g/mol. The first-order valence-electron chi connectivity index (χ1n) is 11.9. The molecule has 1 aliphatic heterocycles. The predicted molar refractivity (Wildman–Crippen MR) is 128 cm³/mol. The predicted octanol–water partition coefficient (Wildman–Crippen LogP) is 3.61. The minimum absolute atomic E-state index is 0.0582. The zero-order valence-electron chi connectivity index (χ0n) is 19.3. The molecule has 1 saturated heterocycles. The number of nitrogens with one attached hydrogen (secondary N) is 1. The summed E-state index contributed by atoms with van der Waals surface area (Å²) in [5, 5.41) is 25.9. The number of nitrogens with zero attached hydrogens (tertiary/aromatic N) is 7. The van der Waals surface area contributed by atoms with Gasteiger partial charge in [0, 0.05) is 44.8 Å². The van der Waals surface area contributed by atoms with Crippen LogP contribution in [-0.4, -0.2) is 67.9 Å². The molecule has 5 rings (SSSR count). The fourth-order valence-corrected chi connectivity index (χ4v) is 4.91. The Morgan fingerprint density at radius 2 is 1.94 bits per heavy atom. The van der Waals surface area contributed by atoms with E-state index in [1.165, 1.54) is 4.90 Å². The van der Waals surface area contributed by atoms with E-state index in [2.05, 4.69) is 26.5 Å². The molecule has 3 aromatic rings. The second kappa shape index (κ2) is 9.74. The lowest BCUT2D eigenvalue weighted by Crippen LogP contribution is -2.49. The number of fused-ring (bicyclic) bond motifs is 1. The summed E-state index contributed by atoms with van der Waals surface area (Å²) in [5.74, 6) is 0.529. The van der Waals surface area contributed by atoms with E-state index < -0.39 is 11.9 Å². The molecule has 182 valence electrons. The van der Waals surface area contributed by atoms with Crippen molar-refractivity contribution in [2.45, 2.75) is 38.1 Å². The summed E-state index contributed by atoms with van der Waals surface area (Å²) in [6, 6.07) is 7.98. The number of rotatable bonds is 5. The van der Waals surface area contributed by atoms with Crippen LogP contribution in [0.3, 0.4) is 0 Å². The van der Waals surface area contributed by atoms with Crippen LogP contribution in [0.4, 0.5) is 20.8 Å². The van der Waals surface area contributed by atoms with Gasteiger partial charge in [-0.15, -0.1) is 0 Å². The largest absolute Gasteiger partial charge is 0.465 e. The molecule has 2 fully saturated rings. The number of piperazine rings is 1. The number of amides is 1. The molecule has 3 aromatic heterocycles. The Bertz CT molecular complexity index is 1260. The molecule has 0 spiro atoms. The highest BCUT2D eigenvalue weighted by Crippen LogP contribution is 2.33. The summed E-state index contributed by atoms with van der Waals surface area (Å²) in [5.41, 5.74) is 1.50. The third-order valence-corrected chi connectivity index (χ3v) is 6.92. The fourth-order valence-electron chi connectivity index (χ4n) is 4.91. The van der Waals surface area contributed by atoms with Gasteiger partial charge in [0.1, 0.15) is 0 Å². The maximum atomic E-state index is 15.8. The molecule has 1 saturated carbocycles. The van der Waals surface area contributed by atoms with Gasteiger partial charge in [0.15, 0.2) is 17.5 Å². The molecule has 10 nitrogen and oxygen atoms in total. The Kier molecular flexibility index (Phi) is 6.35. The molecule has 11 heteroatoms. The second-order valence-corrected chi connectivity index (χ2v) is 9.10. The van der Waals surface area contributed by atoms with Crippen molar-refractivity contribution in [2.24, 2.45) is 5.92 Å². The van der Waals surface area contributed by atoms with Crippen LogP contribution in [0.25, 0.3) is 16.9 Å². The summed E-state index contributed by atoms with van der Waals surface area (Å²) < 4.78 is 17.5.